The van der Waals surface area contributed by atoms with Crippen LogP contribution in [-0.2, 0) is 14.3 Å². The number of carbonyl (C=O) groups is 2. The number of amides is 1. The molecule has 0 saturated carbocycles. The van der Waals surface area contributed by atoms with Crippen molar-refractivity contribution in [1.82, 2.24) is 9.55 Å². The highest BCUT2D eigenvalue weighted by molar-refractivity contribution is 6.07. The van der Waals surface area contributed by atoms with Gasteiger partial charge >= 0.3 is 5.97 Å². The van der Waals surface area contributed by atoms with E-state index in [9.17, 15) is 9.59 Å². The summed E-state index contributed by atoms with van der Waals surface area (Å²) in [6, 6.07) is 15.0. The second kappa shape index (κ2) is 6.29. The number of esters is 1. The summed E-state index contributed by atoms with van der Waals surface area (Å²) in [6.45, 7) is 3.94. The van der Waals surface area contributed by atoms with E-state index in [1.165, 1.54) is 0 Å². The quantitative estimate of drug-likeness (QED) is 0.583. The van der Waals surface area contributed by atoms with Crippen LogP contribution in [0.25, 0.3) is 11.0 Å². The minimum atomic E-state index is -0.971. The van der Waals surface area contributed by atoms with Gasteiger partial charge in [0, 0.05) is 0 Å². The second-order valence-corrected chi connectivity index (χ2v) is 6.37. The molecule has 1 aromatic heterocycles. The number of fused-ring (bicyclic) bond motifs is 3. The summed E-state index contributed by atoms with van der Waals surface area (Å²) in [5.41, 5.74) is 3.57. The molecule has 1 amide bonds. The number of hydrogen-bond acceptors (Lipinski definition) is 4. The molecule has 0 spiro atoms. The van der Waals surface area contributed by atoms with Crippen LogP contribution >= 0.6 is 0 Å². The Balaban J connectivity index is 1.97. The summed E-state index contributed by atoms with van der Waals surface area (Å²) >= 11 is 0. The third kappa shape index (κ3) is 2.54. The molecule has 0 bridgehead atoms. The standard InChI is InChI=1S/C20H19N3O3/c1-3-26-19(25)16-17(13-8-6-7-12(2)11-13)23-15-10-5-4-9-14(15)21-20(23)22-18(16)24/h4-11,16-17H,3H2,1-2H3,(H,21,22,24). The topological polar surface area (TPSA) is 73.2 Å². The zero-order chi connectivity index (χ0) is 18.3. The van der Waals surface area contributed by atoms with Gasteiger partial charge in [0.2, 0.25) is 11.9 Å². The molecule has 2 heterocycles. The van der Waals surface area contributed by atoms with Crippen molar-refractivity contribution < 1.29 is 14.3 Å². The third-order valence-corrected chi connectivity index (χ3v) is 4.63. The van der Waals surface area contributed by atoms with Crippen LogP contribution in [0.3, 0.4) is 0 Å². The molecule has 6 nitrogen and oxygen atoms in total. The molecular weight excluding hydrogens is 330 g/mol. The first kappa shape index (κ1) is 16.3. The third-order valence-electron chi connectivity index (χ3n) is 4.63. The number of para-hydroxylation sites is 2. The molecule has 1 aliphatic rings. The molecule has 3 aromatic rings. The number of nitrogens with zero attached hydrogens (tertiary/aromatic N) is 2. The van der Waals surface area contributed by atoms with E-state index in [1.807, 2.05) is 60.0 Å². The smallest absolute Gasteiger partial charge is 0.321 e. The SMILES string of the molecule is CCOC(=O)C1C(=O)Nc2nc3ccccc3n2C1c1cccc(C)c1. The van der Waals surface area contributed by atoms with Gasteiger partial charge in [0.15, 0.2) is 5.92 Å². The van der Waals surface area contributed by atoms with E-state index in [2.05, 4.69) is 10.3 Å². The van der Waals surface area contributed by atoms with Crippen molar-refractivity contribution in [3.63, 3.8) is 0 Å². The van der Waals surface area contributed by atoms with Crippen molar-refractivity contribution in [2.24, 2.45) is 5.92 Å². The molecule has 4 rings (SSSR count). The summed E-state index contributed by atoms with van der Waals surface area (Å²) in [5.74, 6) is -1.44. The maximum Gasteiger partial charge on any atom is 0.321 e. The van der Waals surface area contributed by atoms with E-state index in [4.69, 9.17) is 4.74 Å². The van der Waals surface area contributed by atoms with Gasteiger partial charge < -0.3 is 9.30 Å². The lowest BCUT2D eigenvalue weighted by molar-refractivity contribution is -0.152. The number of aryl methyl sites for hydroxylation is 1. The van der Waals surface area contributed by atoms with Gasteiger partial charge in [0.1, 0.15) is 0 Å². The van der Waals surface area contributed by atoms with Crippen molar-refractivity contribution in [3.05, 3.63) is 59.7 Å². The van der Waals surface area contributed by atoms with Crippen LogP contribution in [0.1, 0.15) is 24.1 Å². The molecule has 2 aromatic carbocycles. The Hall–Kier alpha value is -3.15. The second-order valence-electron chi connectivity index (χ2n) is 6.37. The average molecular weight is 349 g/mol. The first-order valence-corrected chi connectivity index (χ1v) is 8.61. The van der Waals surface area contributed by atoms with Crippen LogP contribution in [0, 0.1) is 12.8 Å². The minimum absolute atomic E-state index is 0.223. The van der Waals surface area contributed by atoms with Crippen molar-refractivity contribution in [1.29, 1.82) is 0 Å². The van der Waals surface area contributed by atoms with Gasteiger partial charge in [-0.05, 0) is 31.5 Å². The van der Waals surface area contributed by atoms with Gasteiger partial charge in [-0.15, -0.1) is 0 Å². The van der Waals surface area contributed by atoms with Gasteiger partial charge in [0.05, 0.1) is 23.7 Å². The fourth-order valence-corrected chi connectivity index (χ4v) is 3.56. The zero-order valence-corrected chi connectivity index (χ0v) is 14.6. The molecule has 132 valence electrons. The molecular formula is C20H19N3O3. The molecule has 0 radical (unpaired) electrons. The number of rotatable bonds is 3. The first-order valence-electron chi connectivity index (χ1n) is 8.61. The number of hydrogen-bond donors (Lipinski definition) is 1. The van der Waals surface area contributed by atoms with E-state index in [-0.39, 0.29) is 6.61 Å². The molecule has 1 aliphatic heterocycles. The highest BCUT2D eigenvalue weighted by Crippen LogP contribution is 2.38. The fourth-order valence-electron chi connectivity index (χ4n) is 3.56. The lowest BCUT2D eigenvalue weighted by atomic mass is 9.89. The van der Waals surface area contributed by atoms with Crippen LogP contribution in [-0.4, -0.2) is 28.0 Å². The summed E-state index contributed by atoms with van der Waals surface area (Å²) < 4.78 is 7.13. The maximum atomic E-state index is 12.8. The molecule has 6 heteroatoms. The van der Waals surface area contributed by atoms with Gasteiger partial charge in [-0.25, -0.2) is 4.98 Å². The molecule has 1 N–H and O–H groups in total. The van der Waals surface area contributed by atoms with Crippen LogP contribution in [0.5, 0.6) is 0 Å². The van der Waals surface area contributed by atoms with Crippen molar-refractivity contribution >= 4 is 28.9 Å². The van der Waals surface area contributed by atoms with Crippen LogP contribution in [0.15, 0.2) is 48.5 Å². The molecule has 2 unspecified atom stereocenters. The van der Waals surface area contributed by atoms with Gasteiger partial charge in [-0.3, -0.25) is 14.9 Å². The number of benzene rings is 2. The Bertz CT molecular complexity index is 1010. The van der Waals surface area contributed by atoms with Crippen LogP contribution in [0.2, 0.25) is 0 Å². The number of imidazole rings is 1. The summed E-state index contributed by atoms with van der Waals surface area (Å²) in [6.07, 6.45) is 0. The number of ether oxygens (including phenoxy) is 1. The number of nitrogens with one attached hydrogen (secondary N) is 1. The zero-order valence-electron chi connectivity index (χ0n) is 14.6. The Morgan fingerprint density at radius 3 is 2.81 bits per heavy atom. The molecule has 0 aliphatic carbocycles. The van der Waals surface area contributed by atoms with Crippen molar-refractivity contribution in [3.8, 4) is 0 Å². The van der Waals surface area contributed by atoms with E-state index in [0.29, 0.717) is 5.95 Å². The Labute approximate surface area is 150 Å². The number of carbonyl (C=O) groups excluding carboxylic acids is 2. The van der Waals surface area contributed by atoms with E-state index in [1.54, 1.807) is 6.92 Å². The van der Waals surface area contributed by atoms with Gasteiger partial charge in [-0.1, -0.05) is 42.0 Å². The summed E-state index contributed by atoms with van der Waals surface area (Å²) in [7, 11) is 0. The number of anilines is 1. The van der Waals surface area contributed by atoms with Crippen LogP contribution in [0.4, 0.5) is 5.95 Å². The highest BCUT2D eigenvalue weighted by atomic mass is 16.5. The molecule has 0 saturated heterocycles. The number of aromatic nitrogens is 2. The summed E-state index contributed by atoms with van der Waals surface area (Å²) in [4.78, 5) is 29.9. The Morgan fingerprint density at radius 2 is 2.04 bits per heavy atom. The monoisotopic (exact) mass is 349 g/mol. The normalized spacial score (nSPS) is 19.1. The van der Waals surface area contributed by atoms with Gasteiger partial charge in [-0.2, -0.15) is 0 Å². The molecule has 26 heavy (non-hydrogen) atoms. The Kier molecular flexibility index (Phi) is 3.95. The predicted molar refractivity (Wildman–Crippen MR) is 97.8 cm³/mol. The first-order chi connectivity index (χ1) is 12.6. The van der Waals surface area contributed by atoms with Crippen molar-refractivity contribution in [2.45, 2.75) is 19.9 Å². The summed E-state index contributed by atoms with van der Waals surface area (Å²) in [5, 5.41) is 2.77. The van der Waals surface area contributed by atoms with Crippen molar-refractivity contribution in [2.75, 3.05) is 11.9 Å². The largest absolute Gasteiger partial charge is 0.465 e. The lowest BCUT2D eigenvalue weighted by Gasteiger charge is -2.32. The average Bonchev–Trinajstić information content (AvgIpc) is 2.98. The minimum Gasteiger partial charge on any atom is -0.465 e. The highest BCUT2D eigenvalue weighted by Gasteiger charge is 2.44. The lowest BCUT2D eigenvalue weighted by Crippen LogP contribution is -2.43. The van der Waals surface area contributed by atoms with Crippen LogP contribution < -0.4 is 5.32 Å². The van der Waals surface area contributed by atoms with E-state index < -0.39 is 23.8 Å². The molecule has 0 fully saturated rings. The fraction of sp³-hybridized carbons (Fsp3) is 0.250. The van der Waals surface area contributed by atoms with E-state index >= 15 is 0 Å². The molecule has 2 atom stereocenters. The maximum absolute atomic E-state index is 12.8. The Morgan fingerprint density at radius 1 is 1.23 bits per heavy atom. The van der Waals surface area contributed by atoms with Gasteiger partial charge in [0.25, 0.3) is 0 Å². The van der Waals surface area contributed by atoms with E-state index in [0.717, 1.165) is 22.2 Å². The predicted octanol–water partition coefficient (Wildman–Crippen LogP) is 3.07.